The van der Waals surface area contributed by atoms with E-state index in [1.807, 2.05) is 0 Å². The van der Waals surface area contributed by atoms with Crippen LogP contribution in [-0.4, -0.2) is 21.2 Å². The molecule has 17 heavy (non-hydrogen) atoms. The van der Waals surface area contributed by atoms with E-state index in [0.29, 0.717) is 0 Å². The van der Waals surface area contributed by atoms with Crippen LogP contribution < -0.4 is 0 Å². The van der Waals surface area contributed by atoms with Gasteiger partial charge in [0.2, 0.25) is 0 Å². The Labute approximate surface area is 94.0 Å². The van der Waals surface area contributed by atoms with E-state index in [0.717, 1.165) is 18.2 Å². The van der Waals surface area contributed by atoms with Crippen LogP contribution in [0.5, 0.6) is 0 Å². The molecule has 92 valence electrons. The Bertz CT molecular complexity index is 456. The number of alkyl halides is 3. The highest BCUT2D eigenvalue weighted by Gasteiger charge is 2.33. The Balaban J connectivity index is 3.08. The summed E-state index contributed by atoms with van der Waals surface area (Å²) in [5, 5.41) is 18.0. The van der Waals surface area contributed by atoms with Crippen LogP contribution in [0, 0.1) is 0 Å². The number of hydrogen-bond donors (Lipinski definition) is 2. The number of aliphatic hydroxyl groups excluding tert-OH is 1. The zero-order valence-corrected chi connectivity index (χ0v) is 8.40. The minimum Gasteiger partial charge on any atom is -0.478 e. The topological polar surface area (TPSA) is 70.4 Å². The van der Waals surface area contributed by atoms with Gasteiger partial charge < -0.3 is 10.2 Å². The van der Waals surface area contributed by atoms with Crippen LogP contribution in [0.15, 0.2) is 30.4 Å². The lowest BCUT2D eigenvalue weighted by atomic mass is 10.1. The maximum absolute atomic E-state index is 12.3. The van der Waals surface area contributed by atoms with Crippen molar-refractivity contribution in [2.75, 3.05) is 0 Å². The highest BCUT2D eigenvalue weighted by atomic mass is 19.4. The fraction of sp³-hybridized carbons (Fsp3) is 0.200. The fourth-order valence-corrected chi connectivity index (χ4v) is 1.06. The molecule has 4 nitrogen and oxygen atoms in total. The minimum atomic E-state index is -4.65. The van der Waals surface area contributed by atoms with E-state index in [2.05, 4.69) is 11.6 Å². The fourth-order valence-electron chi connectivity index (χ4n) is 1.06. The third-order valence-electron chi connectivity index (χ3n) is 1.95. The SMILES string of the molecule is C=C(C(=O)O)C(O)c1cccc(C(F)(F)F)n1. The van der Waals surface area contributed by atoms with Crippen LogP contribution in [-0.2, 0) is 11.0 Å². The molecule has 0 aliphatic carbocycles. The zero-order chi connectivity index (χ0) is 13.2. The second-order valence-corrected chi connectivity index (χ2v) is 3.18. The average molecular weight is 247 g/mol. The van der Waals surface area contributed by atoms with E-state index in [1.165, 1.54) is 0 Å². The van der Waals surface area contributed by atoms with E-state index < -0.39 is 35.2 Å². The van der Waals surface area contributed by atoms with Gasteiger partial charge in [-0.25, -0.2) is 9.78 Å². The number of carboxylic acids is 1. The second-order valence-electron chi connectivity index (χ2n) is 3.18. The number of aromatic nitrogens is 1. The van der Waals surface area contributed by atoms with Crippen molar-refractivity contribution in [3.05, 3.63) is 41.7 Å². The van der Waals surface area contributed by atoms with Gasteiger partial charge in [-0.1, -0.05) is 12.6 Å². The lowest BCUT2D eigenvalue weighted by Crippen LogP contribution is -2.14. The first-order valence-electron chi connectivity index (χ1n) is 4.38. The van der Waals surface area contributed by atoms with Gasteiger partial charge in [-0.05, 0) is 12.1 Å². The van der Waals surface area contributed by atoms with Crippen molar-refractivity contribution < 1.29 is 28.2 Å². The highest BCUT2D eigenvalue weighted by molar-refractivity contribution is 5.87. The van der Waals surface area contributed by atoms with Gasteiger partial charge in [-0.15, -0.1) is 0 Å². The Morgan fingerprint density at radius 2 is 2.00 bits per heavy atom. The van der Waals surface area contributed by atoms with Crippen LogP contribution >= 0.6 is 0 Å². The average Bonchev–Trinajstić information content (AvgIpc) is 2.26. The van der Waals surface area contributed by atoms with Gasteiger partial charge in [0.1, 0.15) is 11.8 Å². The Hall–Kier alpha value is -1.89. The summed E-state index contributed by atoms with van der Waals surface area (Å²) in [6.45, 7) is 3.05. The molecule has 0 fully saturated rings. The van der Waals surface area contributed by atoms with Gasteiger partial charge in [0, 0.05) is 0 Å². The van der Waals surface area contributed by atoms with Crippen molar-refractivity contribution in [1.29, 1.82) is 0 Å². The smallest absolute Gasteiger partial charge is 0.433 e. The van der Waals surface area contributed by atoms with Crippen LogP contribution in [0.1, 0.15) is 17.5 Å². The number of nitrogens with zero attached hydrogens (tertiary/aromatic N) is 1. The molecule has 1 aromatic rings. The highest BCUT2D eigenvalue weighted by Crippen LogP contribution is 2.29. The molecule has 1 heterocycles. The molecule has 0 bridgehead atoms. The first-order valence-corrected chi connectivity index (χ1v) is 4.38. The van der Waals surface area contributed by atoms with Crippen molar-refractivity contribution in [1.82, 2.24) is 4.98 Å². The van der Waals surface area contributed by atoms with Gasteiger partial charge >= 0.3 is 12.1 Å². The summed E-state index contributed by atoms with van der Waals surface area (Å²) in [4.78, 5) is 13.6. The number of hydrogen-bond acceptors (Lipinski definition) is 3. The number of aliphatic hydroxyl groups is 1. The van der Waals surface area contributed by atoms with Gasteiger partial charge in [-0.2, -0.15) is 13.2 Å². The first kappa shape index (κ1) is 13.2. The van der Waals surface area contributed by atoms with E-state index in [1.54, 1.807) is 0 Å². The van der Waals surface area contributed by atoms with Crippen molar-refractivity contribution in [2.24, 2.45) is 0 Å². The molecule has 1 aromatic heterocycles. The molecule has 0 saturated carbocycles. The molecular formula is C10H8F3NO3. The molecule has 1 atom stereocenters. The summed E-state index contributed by atoms with van der Waals surface area (Å²) in [7, 11) is 0. The number of rotatable bonds is 3. The van der Waals surface area contributed by atoms with E-state index in [4.69, 9.17) is 5.11 Å². The summed E-state index contributed by atoms with van der Waals surface area (Å²) in [5.41, 5.74) is -2.25. The van der Waals surface area contributed by atoms with Crippen LogP contribution in [0.4, 0.5) is 13.2 Å². The van der Waals surface area contributed by atoms with E-state index in [-0.39, 0.29) is 0 Å². The predicted octanol–water partition coefficient (Wildman–Crippen LogP) is 1.77. The number of carboxylic acid groups (broad SMARTS) is 1. The molecular weight excluding hydrogens is 239 g/mol. The number of pyridine rings is 1. The summed E-state index contributed by atoms with van der Waals surface area (Å²) >= 11 is 0. The van der Waals surface area contributed by atoms with Crippen molar-refractivity contribution in [2.45, 2.75) is 12.3 Å². The Morgan fingerprint density at radius 1 is 1.41 bits per heavy atom. The van der Waals surface area contributed by atoms with Gasteiger partial charge in [0.15, 0.2) is 0 Å². The summed E-state index contributed by atoms with van der Waals surface area (Å²) in [5.74, 6) is -1.50. The van der Waals surface area contributed by atoms with Gasteiger partial charge in [-0.3, -0.25) is 0 Å². The first-order chi connectivity index (χ1) is 7.73. The summed E-state index contributed by atoms with van der Waals surface area (Å²) in [6, 6.07) is 2.84. The maximum Gasteiger partial charge on any atom is 0.433 e. The third-order valence-corrected chi connectivity index (χ3v) is 1.95. The predicted molar refractivity (Wildman–Crippen MR) is 51.0 cm³/mol. The van der Waals surface area contributed by atoms with Crippen LogP contribution in [0.3, 0.4) is 0 Å². The summed E-state index contributed by atoms with van der Waals surface area (Å²) < 4.78 is 36.9. The van der Waals surface area contributed by atoms with Crippen LogP contribution in [0.25, 0.3) is 0 Å². The Morgan fingerprint density at radius 3 is 2.47 bits per heavy atom. The molecule has 0 aromatic carbocycles. The third kappa shape index (κ3) is 3.04. The molecule has 0 aliphatic heterocycles. The molecule has 0 spiro atoms. The zero-order valence-electron chi connectivity index (χ0n) is 8.40. The summed E-state index contributed by atoms with van der Waals surface area (Å²) in [6.07, 6.45) is -6.42. The van der Waals surface area contributed by atoms with Crippen molar-refractivity contribution in [3.63, 3.8) is 0 Å². The Kier molecular flexibility index (Phi) is 3.52. The van der Waals surface area contributed by atoms with E-state index >= 15 is 0 Å². The largest absolute Gasteiger partial charge is 0.478 e. The van der Waals surface area contributed by atoms with Crippen LogP contribution in [0.2, 0.25) is 0 Å². The van der Waals surface area contributed by atoms with Crippen molar-refractivity contribution in [3.8, 4) is 0 Å². The number of aliphatic carboxylic acids is 1. The quantitative estimate of drug-likeness (QED) is 0.798. The number of halogens is 3. The molecule has 7 heteroatoms. The normalized spacial score (nSPS) is 13.2. The molecule has 1 unspecified atom stereocenters. The maximum atomic E-state index is 12.3. The lowest BCUT2D eigenvalue weighted by molar-refractivity contribution is -0.141. The molecule has 1 rings (SSSR count). The molecule has 0 aliphatic rings. The monoisotopic (exact) mass is 247 g/mol. The second kappa shape index (κ2) is 4.54. The molecule has 0 radical (unpaired) electrons. The van der Waals surface area contributed by atoms with E-state index in [9.17, 15) is 23.1 Å². The molecule has 0 saturated heterocycles. The number of carbonyl (C=O) groups is 1. The standard InChI is InChI=1S/C10H8F3NO3/c1-5(9(16)17)8(15)6-3-2-4-7(14-6)10(11,12)13/h2-4,8,15H,1H2,(H,16,17). The van der Waals surface area contributed by atoms with Gasteiger partial charge in [0.25, 0.3) is 0 Å². The van der Waals surface area contributed by atoms with Crippen molar-refractivity contribution >= 4 is 5.97 Å². The van der Waals surface area contributed by atoms with Gasteiger partial charge in [0.05, 0.1) is 11.3 Å². The lowest BCUT2D eigenvalue weighted by Gasteiger charge is -2.12. The molecule has 0 amide bonds. The minimum absolute atomic E-state index is 0.410. The molecule has 2 N–H and O–H groups in total.